The molecule has 2 fully saturated rings. The highest BCUT2D eigenvalue weighted by Crippen LogP contribution is 2.36. The van der Waals surface area contributed by atoms with Crippen molar-refractivity contribution in [1.82, 2.24) is 4.90 Å². The van der Waals surface area contributed by atoms with Crippen LogP contribution >= 0.6 is 0 Å². The van der Waals surface area contributed by atoms with E-state index in [2.05, 4.69) is 0 Å². The van der Waals surface area contributed by atoms with Crippen LogP contribution in [-0.4, -0.2) is 30.5 Å². The summed E-state index contributed by atoms with van der Waals surface area (Å²) in [6.45, 7) is 2.62. The summed E-state index contributed by atoms with van der Waals surface area (Å²) in [6.07, 6.45) is 6.70. The number of benzene rings is 1. The number of ether oxygens (including phenoxy) is 1. The van der Waals surface area contributed by atoms with Crippen molar-refractivity contribution in [3.8, 4) is 0 Å². The molecule has 1 saturated heterocycles. The minimum Gasteiger partial charge on any atom is -0.367 e. The van der Waals surface area contributed by atoms with Crippen LogP contribution in [0.3, 0.4) is 0 Å². The predicted octanol–water partition coefficient (Wildman–Crippen LogP) is 3.24. The van der Waals surface area contributed by atoms with Gasteiger partial charge in [-0.1, -0.05) is 56.0 Å². The highest BCUT2D eigenvalue weighted by atomic mass is 16.5. The zero-order valence-electron chi connectivity index (χ0n) is 12.7. The van der Waals surface area contributed by atoms with Gasteiger partial charge in [0.2, 0.25) is 5.91 Å². The summed E-state index contributed by atoms with van der Waals surface area (Å²) in [5, 5.41) is 0. The summed E-state index contributed by atoms with van der Waals surface area (Å²) in [6, 6.07) is 10.0. The van der Waals surface area contributed by atoms with Gasteiger partial charge in [-0.25, -0.2) is 0 Å². The quantitative estimate of drug-likeness (QED) is 0.832. The van der Waals surface area contributed by atoms with Crippen molar-refractivity contribution in [1.29, 1.82) is 0 Å². The summed E-state index contributed by atoms with van der Waals surface area (Å²) in [4.78, 5) is 14.2. The fourth-order valence-corrected chi connectivity index (χ4v) is 3.75. The molecule has 0 spiro atoms. The zero-order chi connectivity index (χ0) is 14.5. The van der Waals surface area contributed by atoms with Gasteiger partial charge in [0.25, 0.3) is 0 Å². The second-order valence-corrected chi connectivity index (χ2v) is 6.41. The normalized spacial score (nSPS) is 22.9. The van der Waals surface area contributed by atoms with Gasteiger partial charge in [0.1, 0.15) is 6.61 Å². The Labute approximate surface area is 127 Å². The molecule has 0 radical (unpaired) electrons. The second kappa shape index (κ2) is 7.08. The molecule has 2 aliphatic rings. The number of rotatable bonds is 5. The first-order chi connectivity index (χ1) is 10.3. The fraction of sp³-hybridized carbons (Fsp3) is 0.611. The van der Waals surface area contributed by atoms with Gasteiger partial charge in [-0.05, 0) is 23.8 Å². The zero-order valence-corrected chi connectivity index (χ0v) is 12.7. The SMILES string of the molecule is O=C(COCc1ccccc1)N1CC[C@@H](C2CCCC2)C1. The van der Waals surface area contributed by atoms with E-state index in [1.165, 1.54) is 32.1 Å². The summed E-state index contributed by atoms with van der Waals surface area (Å²) in [5.74, 6) is 1.77. The van der Waals surface area contributed by atoms with E-state index < -0.39 is 0 Å². The van der Waals surface area contributed by atoms with Gasteiger partial charge in [-0.2, -0.15) is 0 Å². The minimum absolute atomic E-state index is 0.159. The molecule has 0 aromatic heterocycles. The monoisotopic (exact) mass is 287 g/mol. The summed E-state index contributed by atoms with van der Waals surface area (Å²) >= 11 is 0. The minimum atomic E-state index is 0.159. The van der Waals surface area contributed by atoms with E-state index in [1.807, 2.05) is 35.2 Å². The van der Waals surface area contributed by atoms with Crippen LogP contribution in [0.1, 0.15) is 37.7 Å². The van der Waals surface area contributed by atoms with E-state index in [-0.39, 0.29) is 12.5 Å². The lowest BCUT2D eigenvalue weighted by molar-refractivity contribution is -0.135. The molecular weight excluding hydrogens is 262 g/mol. The van der Waals surface area contributed by atoms with Crippen molar-refractivity contribution in [2.45, 2.75) is 38.7 Å². The fourth-order valence-electron chi connectivity index (χ4n) is 3.75. The van der Waals surface area contributed by atoms with E-state index in [1.54, 1.807) is 0 Å². The number of likely N-dealkylation sites (tertiary alicyclic amines) is 1. The Hall–Kier alpha value is -1.35. The van der Waals surface area contributed by atoms with Crippen LogP contribution in [0, 0.1) is 11.8 Å². The summed E-state index contributed by atoms with van der Waals surface area (Å²) in [5.41, 5.74) is 1.12. The third kappa shape index (κ3) is 3.85. The maximum Gasteiger partial charge on any atom is 0.248 e. The number of carbonyl (C=O) groups is 1. The molecule has 3 nitrogen and oxygen atoms in total. The van der Waals surface area contributed by atoms with Gasteiger partial charge in [0.15, 0.2) is 0 Å². The number of carbonyl (C=O) groups excluding carboxylic acids is 1. The van der Waals surface area contributed by atoms with Crippen LogP contribution in [0.4, 0.5) is 0 Å². The van der Waals surface area contributed by atoms with Crippen molar-refractivity contribution in [3.05, 3.63) is 35.9 Å². The smallest absolute Gasteiger partial charge is 0.248 e. The highest BCUT2D eigenvalue weighted by molar-refractivity contribution is 5.77. The molecule has 1 heterocycles. The molecule has 1 aromatic carbocycles. The molecule has 1 amide bonds. The molecule has 3 rings (SSSR count). The highest BCUT2D eigenvalue weighted by Gasteiger charge is 2.32. The lowest BCUT2D eigenvalue weighted by Gasteiger charge is -2.19. The van der Waals surface area contributed by atoms with Crippen molar-refractivity contribution in [2.24, 2.45) is 11.8 Å². The summed E-state index contributed by atoms with van der Waals surface area (Å²) < 4.78 is 5.56. The van der Waals surface area contributed by atoms with Gasteiger partial charge in [0.05, 0.1) is 6.61 Å². The van der Waals surface area contributed by atoms with E-state index >= 15 is 0 Å². The number of hydrogen-bond donors (Lipinski definition) is 0. The molecule has 114 valence electrons. The second-order valence-electron chi connectivity index (χ2n) is 6.41. The lowest BCUT2D eigenvalue weighted by Crippen LogP contribution is -2.32. The first-order valence-electron chi connectivity index (χ1n) is 8.22. The molecule has 0 unspecified atom stereocenters. The maximum absolute atomic E-state index is 12.2. The molecular formula is C18H25NO2. The van der Waals surface area contributed by atoms with E-state index in [4.69, 9.17) is 4.74 Å². The topological polar surface area (TPSA) is 29.5 Å². The summed E-state index contributed by atoms with van der Waals surface area (Å²) in [7, 11) is 0. The molecule has 1 saturated carbocycles. The third-order valence-electron chi connectivity index (χ3n) is 4.98. The van der Waals surface area contributed by atoms with Gasteiger partial charge in [0, 0.05) is 13.1 Å². The van der Waals surface area contributed by atoms with Gasteiger partial charge < -0.3 is 9.64 Å². The van der Waals surface area contributed by atoms with Crippen LogP contribution in [0.5, 0.6) is 0 Å². The Bertz CT molecular complexity index is 454. The van der Waals surface area contributed by atoms with Crippen LogP contribution in [0.15, 0.2) is 30.3 Å². The van der Waals surface area contributed by atoms with Crippen LogP contribution in [0.2, 0.25) is 0 Å². The van der Waals surface area contributed by atoms with Crippen LogP contribution < -0.4 is 0 Å². The predicted molar refractivity (Wildman–Crippen MR) is 82.7 cm³/mol. The lowest BCUT2D eigenvalue weighted by atomic mass is 9.90. The van der Waals surface area contributed by atoms with Gasteiger partial charge in [-0.3, -0.25) is 4.79 Å². The van der Waals surface area contributed by atoms with Crippen LogP contribution in [0.25, 0.3) is 0 Å². The van der Waals surface area contributed by atoms with Gasteiger partial charge in [-0.15, -0.1) is 0 Å². The first-order valence-corrected chi connectivity index (χ1v) is 8.22. The average Bonchev–Trinajstić information content (AvgIpc) is 3.19. The molecule has 3 heteroatoms. The number of amides is 1. The standard InChI is InChI=1S/C18H25NO2/c20-18(14-21-13-15-6-2-1-3-7-15)19-11-10-17(12-19)16-8-4-5-9-16/h1-3,6-7,16-17H,4-5,8-14H2/t17-/m1/s1. The van der Waals surface area contributed by atoms with Crippen molar-refractivity contribution in [2.75, 3.05) is 19.7 Å². The Morgan fingerprint density at radius 1 is 1.10 bits per heavy atom. The third-order valence-corrected chi connectivity index (χ3v) is 4.98. The Morgan fingerprint density at radius 3 is 2.62 bits per heavy atom. The van der Waals surface area contributed by atoms with E-state index in [0.29, 0.717) is 6.61 Å². The first kappa shape index (κ1) is 14.6. The maximum atomic E-state index is 12.2. The molecule has 1 aliphatic heterocycles. The molecule has 0 N–H and O–H groups in total. The van der Waals surface area contributed by atoms with Crippen LogP contribution in [-0.2, 0) is 16.1 Å². The van der Waals surface area contributed by atoms with E-state index in [0.717, 1.165) is 30.5 Å². The molecule has 1 atom stereocenters. The largest absolute Gasteiger partial charge is 0.367 e. The molecule has 21 heavy (non-hydrogen) atoms. The Kier molecular flexibility index (Phi) is 4.91. The number of hydrogen-bond acceptors (Lipinski definition) is 2. The Morgan fingerprint density at radius 2 is 1.86 bits per heavy atom. The van der Waals surface area contributed by atoms with E-state index in [9.17, 15) is 4.79 Å². The number of nitrogens with zero attached hydrogens (tertiary/aromatic N) is 1. The van der Waals surface area contributed by atoms with Crippen molar-refractivity contribution < 1.29 is 9.53 Å². The molecule has 1 aromatic rings. The molecule has 0 bridgehead atoms. The van der Waals surface area contributed by atoms with Crippen molar-refractivity contribution >= 4 is 5.91 Å². The Balaban J connectivity index is 1.40. The average molecular weight is 287 g/mol. The van der Waals surface area contributed by atoms with Crippen molar-refractivity contribution in [3.63, 3.8) is 0 Å². The molecule has 1 aliphatic carbocycles. The van der Waals surface area contributed by atoms with Gasteiger partial charge >= 0.3 is 0 Å².